The van der Waals surface area contributed by atoms with Crippen LogP contribution in [0.25, 0.3) is 0 Å². The van der Waals surface area contributed by atoms with Crippen molar-refractivity contribution >= 4 is 0 Å². The molecule has 0 spiro atoms. The van der Waals surface area contributed by atoms with Crippen LogP contribution in [0.1, 0.15) is 33.1 Å². The first-order valence-corrected chi connectivity index (χ1v) is 5.69. The Balaban J connectivity index is 0.000000461. The highest BCUT2D eigenvalue weighted by molar-refractivity contribution is 5.03. The van der Waals surface area contributed by atoms with Crippen molar-refractivity contribution in [3.63, 3.8) is 0 Å². The average molecular weight is 201 g/mol. The van der Waals surface area contributed by atoms with Crippen molar-refractivity contribution in [1.82, 2.24) is 4.90 Å². The van der Waals surface area contributed by atoms with Crippen molar-refractivity contribution in [3.05, 3.63) is 0 Å². The fourth-order valence-corrected chi connectivity index (χ4v) is 2.76. The van der Waals surface area contributed by atoms with Crippen molar-refractivity contribution in [2.24, 2.45) is 0 Å². The van der Waals surface area contributed by atoms with Crippen molar-refractivity contribution in [2.75, 3.05) is 26.8 Å². The average Bonchev–Trinajstić information content (AvgIpc) is 2.64. The van der Waals surface area contributed by atoms with Gasteiger partial charge in [-0.05, 0) is 25.8 Å². The maximum atomic E-state index is 9.53. The fraction of sp³-hybridized carbons (Fsp3) is 1.00. The number of aliphatic hydroxyl groups excluding tert-OH is 1. The Hall–Kier alpha value is -0.120. The van der Waals surface area contributed by atoms with Gasteiger partial charge in [0.2, 0.25) is 0 Å². The molecule has 0 aromatic heterocycles. The zero-order valence-corrected chi connectivity index (χ0v) is 9.62. The van der Waals surface area contributed by atoms with Gasteiger partial charge in [0.1, 0.15) is 0 Å². The van der Waals surface area contributed by atoms with Gasteiger partial charge in [0.15, 0.2) is 0 Å². The summed E-state index contributed by atoms with van der Waals surface area (Å²) in [7, 11) is 1.75. The second kappa shape index (κ2) is 5.10. The zero-order valence-electron chi connectivity index (χ0n) is 9.62. The minimum absolute atomic E-state index is 0.125. The molecule has 0 aromatic rings. The number of β-amino-alcohol motifs (C(OH)–C–C–N with tert-alkyl or cyclic N) is 1. The molecule has 2 unspecified atom stereocenters. The lowest BCUT2D eigenvalue weighted by Crippen LogP contribution is -2.42. The van der Waals surface area contributed by atoms with Gasteiger partial charge in [0.05, 0.1) is 12.7 Å². The van der Waals surface area contributed by atoms with Gasteiger partial charge in [-0.1, -0.05) is 13.8 Å². The first kappa shape index (κ1) is 12.0. The van der Waals surface area contributed by atoms with Crippen LogP contribution in [-0.2, 0) is 4.74 Å². The molecule has 2 fully saturated rings. The molecule has 3 nitrogen and oxygen atoms in total. The summed E-state index contributed by atoms with van der Waals surface area (Å²) in [6.45, 7) is 6.77. The number of nitrogens with zero attached hydrogens (tertiary/aromatic N) is 1. The van der Waals surface area contributed by atoms with Crippen LogP contribution in [0.2, 0.25) is 0 Å². The van der Waals surface area contributed by atoms with E-state index in [0.29, 0.717) is 0 Å². The second-order valence-corrected chi connectivity index (χ2v) is 4.06. The fourth-order valence-electron chi connectivity index (χ4n) is 2.76. The molecule has 2 rings (SSSR count). The molecule has 0 aliphatic carbocycles. The van der Waals surface area contributed by atoms with Gasteiger partial charge in [-0.3, -0.25) is 4.90 Å². The van der Waals surface area contributed by atoms with E-state index in [1.54, 1.807) is 7.11 Å². The van der Waals surface area contributed by atoms with Crippen LogP contribution < -0.4 is 0 Å². The Bertz CT molecular complexity index is 175. The van der Waals surface area contributed by atoms with Gasteiger partial charge >= 0.3 is 0 Å². The van der Waals surface area contributed by atoms with Crippen LogP contribution in [-0.4, -0.2) is 48.5 Å². The lowest BCUT2D eigenvalue weighted by Gasteiger charge is -2.30. The number of hydrogen-bond acceptors (Lipinski definition) is 3. The highest BCUT2D eigenvalue weighted by Gasteiger charge is 2.47. The lowest BCUT2D eigenvalue weighted by molar-refractivity contribution is 0.0646. The van der Waals surface area contributed by atoms with Crippen LogP contribution in [0.4, 0.5) is 0 Å². The molecule has 14 heavy (non-hydrogen) atoms. The van der Waals surface area contributed by atoms with Crippen LogP contribution in [0.5, 0.6) is 0 Å². The molecular weight excluding hydrogens is 178 g/mol. The number of hydrogen-bond donors (Lipinski definition) is 1. The van der Waals surface area contributed by atoms with Gasteiger partial charge in [-0.25, -0.2) is 0 Å². The second-order valence-electron chi connectivity index (χ2n) is 4.06. The molecule has 0 bridgehead atoms. The quantitative estimate of drug-likeness (QED) is 0.730. The summed E-state index contributed by atoms with van der Waals surface area (Å²) in [5.74, 6) is 0. The topological polar surface area (TPSA) is 32.7 Å². The molecule has 2 heterocycles. The summed E-state index contributed by atoms with van der Waals surface area (Å²) in [4.78, 5) is 2.39. The third kappa shape index (κ3) is 2.10. The summed E-state index contributed by atoms with van der Waals surface area (Å²) in [6, 6.07) is 0. The zero-order chi connectivity index (χ0) is 10.6. The molecule has 0 amide bonds. The van der Waals surface area contributed by atoms with Crippen LogP contribution in [0.15, 0.2) is 0 Å². The van der Waals surface area contributed by atoms with E-state index in [-0.39, 0.29) is 11.6 Å². The minimum atomic E-state index is -0.125. The summed E-state index contributed by atoms with van der Waals surface area (Å²) in [6.07, 6.45) is 3.23. The number of rotatable bonds is 2. The highest BCUT2D eigenvalue weighted by Crippen LogP contribution is 2.38. The molecule has 0 radical (unpaired) electrons. The van der Waals surface area contributed by atoms with Gasteiger partial charge in [0.25, 0.3) is 0 Å². The molecule has 0 saturated carbocycles. The maximum absolute atomic E-state index is 9.53. The van der Waals surface area contributed by atoms with E-state index in [4.69, 9.17) is 4.74 Å². The molecule has 1 N–H and O–H groups in total. The minimum Gasteiger partial charge on any atom is -0.392 e. The first-order valence-electron chi connectivity index (χ1n) is 5.69. The van der Waals surface area contributed by atoms with E-state index < -0.39 is 0 Å². The molecule has 2 saturated heterocycles. The van der Waals surface area contributed by atoms with E-state index in [1.807, 2.05) is 13.8 Å². The van der Waals surface area contributed by atoms with E-state index >= 15 is 0 Å². The van der Waals surface area contributed by atoms with Gasteiger partial charge in [-0.2, -0.15) is 0 Å². The van der Waals surface area contributed by atoms with E-state index in [2.05, 4.69) is 4.90 Å². The van der Waals surface area contributed by atoms with Gasteiger partial charge < -0.3 is 9.84 Å². The summed E-state index contributed by atoms with van der Waals surface area (Å²) in [5, 5.41) is 9.53. The standard InChI is InChI=1S/C9H17NO2.C2H6/c1-12-7-9-3-2-4-10(9)6-8(11)5-9;1-2/h8,11H,2-7H2,1H3;1-2H3. The van der Waals surface area contributed by atoms with Crippen molar-refractivity contribution in [3.8, 4) is 0 Å². The van der Waals surface area contributed by atoms with Gasteiger partial charge in [0, 0.05) is 19.2 Å². The summed E-state index contributed by atoms with van der Waals surface area (Å²) < 4.78 is 5.23. The third-order valence-corrected chi connectivity index (χ3v) is 3.20. The van der Waals surface area contributed by atoms with Crippen LogP contribution in [0.3, 0.4) is 0 Å². The molecule has 0 aromatic carbocycles. The number of aliphatic hydroxyl groups is 1. The first-order chi connectivity index (χ1) is 6.77. The molecule has 2 aliphatic rings. The molecule has 84 valence electrons. The Morgan fingerprint density at radius 1 is 1.50 bits per heavy atom. The van der Waals surface area contributed by atoms with Crippen LogP contribution in [0, 0.1) is 0 Å². The lowest BCUT2D eigenvalue weighted by atomic mass is 9.94. The Morgan fingerprint density at radius 2 is 2.21 bits per heavy atom. The van der Waals surface area contributed by atoms with Crippen molar-refractivity contribution < 1.29 is 9.84 Å². The Kier molecular flexibility index (Phi) is 4.35. The van der Waals surface area contributed by atoms with E-state index in [1.165, 1.54) is 12.8 Å². The van der Waals surface area contributed by atoms with E-state index in [9.17, 15) is 5.11 Å². The molecule has 2 aliphatic heterocycles. The largest absolute Gasteiger partial charge is 0.392 e. The maximum Gasteiger partial charge on any atom is 0.0685 e. The Labute approximate surface area is 87.1 Å². The summed E-state index contributed by atoms with van der Waals surface area (Å²) >= 11 is 0. The van der Waals surface area contributed by atoms with E-state index in [0.717, 1.165) is 26.1 Å². The monoisotopic (exact) mass is 201 g/mol. The number of methoxy groups -OCH3 is 1. The Morgan fingerprint density at radius 3 is 2.86 bits per heavy atom. The van der Waals surface area contributed by atoms with Crippen molar-refractivity contribution in [2.45, 2.75) is 44.8 Å². The third-order valence-electron chi connectivity index (χ3n) is 3.20. The summed E-state index contributed by atoms with van der Waals surface area (Å²) in [5.41, 5.74) is 0.189. The predicted octanol–water partition coefficient (Wildman–Crippen LogP) is 1.26. The van der Waals surface area contributed by atoms with Crippen molar-refractivity contribution in [1.29, 1.82) is 0 Å². The normalized spacial score (nSPS) is 36.4. The number of ether oxygens (including phenoxy) is 1. The molecule has 3 heteroatoms. The SMILES string of the molecule is CC.COCC12CCCN1CC(O)C2. The smallest absolute Gasteiger partial charge is 0.0685 e. The number of fused-ring (bicyclic) bond motifs is 1. The van der Waals surface area contributed by atoms with Gasteiger partial charge in [-0.15, -0.1) is 0 Å². The molecular formula is C11H23NO2. The van der Waals surface area contributed by atoms with Crippen LogP contribution >= 0.6 is 0 Å². The molecule has 2 atom stereocenters. The highest BCUT2D eigenvalue weighted by atomic mass is 16.5. The predicted molar refractivity (Wildman–Crippen MR) is 57.4 cm³/mol.